The number of allylic oxidation sites excluding steroid dienone is 4. The van der Waals surface area contributed by atoms with Gasteiger partial charge in [-0.1, -0.05) is 75.8 Å². The minimum Gasteiger partial charge on any atom is -0.192 e. The predicted octanol–water partition coefficient (Wildman–Crippen LogP) is 6.90. The summed E-state index contributed by atoms with van der Waals surface area (Å²) >= 11 is 0. The monoisotopic (exact) mass is 333 g/mol. The van der Waals surface area contributed by atoms with Crippen LogP contribution >= 0.6 is 0 Å². The Balaban J connectivity index is 1.48. The first-order valence-electron chi connectivity index (χ1n) is 10.2. The van der Waals surface area contributed by atoms with Gasteiger partial charge in [-0.25, -0.2) is 0 Å². The summed E-state index contributed by atoms with van der Waals surface area (Å²) in [5.41, 5.74) is 3.28. The third-order valence-corrected chi connectivity index (χ3v) is 6.19. The van der Waals surface area contributed by atoms with Crippen LogP contribution < -0.4 is 0 Å². The fraction of sp³-hybridized carbons (Fsp3) is 0.542. The van der Waals surface area contributed by atoms with Gasteiger partial charge >= 0.3 is 0 Å². The van der Waals surface area contributed by atoms with Crippen molar-refractivity contribution in [2.24, 2.45) is 17.8 Å². The lowest BCUT2D eigenvalue weighted by Gasteiger charge is -2.33. The van der Waals surface area contributed by atoms with Gasteiger partial charge in [0.15, 0.2) is 0 Å². The van der Waals surface area contributed by atoms with Gasteiger partial charge in [0.05, 0.1) is 11.6 Å². The molecule has 0 N–H and O–H groups in total. The predicted molar refractivity (Wildman–Crippen MR) is 106 cm³/mol. The van der Waals surface area contributed by atoms with Crippen LogP contribution in [0.5, 0.6) is 0 Å². The van der Waals surface area contributed by atoms with Gasteiger partial charge in [0, 0.05) is 0 Å². The van der Waals surface area contributed by atoms with Gasteiger partial charge in [0.25, 0.3) is 0 Å². The van der Waals surface area contributed by atoms with Crippen LogP contribution in [-0.2, 0) is 0 Å². The molecule has 0 spiro atoms. The quantitative estimate of drug-likeness (QED) is 0.519. The van der Waals surface area contributed by atoms with Gasteiger partial charge in [-0.3, -0.25) is 0 Å². The first-order valence-corrected chi connectivity index (χ1v) is 10.2. The Kier molecular flexibility index (Phi) is 6.51. The van der Waals surface area contributed by atoms with E-state index in [2.05, 4.69) is 43.4 Å². The number of hydrogen-bond donors (Lipinski definition) is 0. The molecule has 0 aromatic heterocycles. The molecule has 3 rings (SSSR count). The summed E-state index contributed by atoms with van der Waals surface area (Å²) in [5.74, 6) is 2.62. The lowest BCUT2D eigenvalue weighted by Crippen LogP contribution is -2.21. The van der Waals surface area contributed by atoms with Crippen molar-refractivity contribution in [3.8, 4) is 6.07 Å². The Labute approximate surface area is 153 Å². The minimum atomic E-state index is 0.734. The number of nitrogens with zero attached hydrogens (tertiary/aromatic N) is 1. The smallest absolute Gasteiger partial charge is 0.0991 e. The van der Waals surface area contributed by atoms with Crippen LogP contribution in [0.4, 0.5) is 0 Å². The molecule has 2 aliphatic rings. The number of unbranched alkanes of at least 4 members (excludes halogenated alkanes) is 2. The van der Waals surface area contributed by atoms with Gasteiger partial charge in [0.2, 0.25) is 0 Å². The summed E-state index contributed by atoms with van der Waals surface area (Å²) in [4.78, 5) is 0. The molecule has 1 fully saturated rings. The second-order valence-corrected chi connectivity index (χ2v) is 7.88. The third kappa shape index (κ3) is 4.85. The first kappa shape index (κ1) is 18.0. The van der Waals surface area contributed by atoms with E-state index in [4.69, 9.17) is 5.26 Å². The Bertz CT molecular complexity index is 636. The number of rotatable bonds is 6. The molecule has 0 heterocycles. The van der Waals surface area contributed by atoms with Crippen molar-refractivity contribution < 1.29 is 0 Å². The van der Waals surface area contributed by atoms with Gasteiger partial charge in [-0.15, -0.1) is 0 Å². The molecule has 0 aliphatic heterocycles. The molecule has 0 amide bonds. The highest BCUT2D eigenvalue weighted by atomic mass is 14.3. The van der Waals surface area contributed by atoms with E-state index >= 15 is 0 Å². The Morgan fingerprint density at radius 1 is 1.04 bits per heavy atom. The van der Waals surface area contributed by atoms with Crippen LogP contribution in [0, 0.1) is 29.1 Å². The molecule has 0 radical (unpaired) electrons. The van der Waals surface area contributed by atoms with Gasteiger partial charge < -0.3 is 0 Å². The van der Waals surface area contributed by atoms with Crippen molar-refractivity contribution in [3.05, 3.63) is 53.6 Å². The molecule has 1 unspecified atom stereocenters. The molecule has 1 aromatic rings. The number of benzene rings is 1. The SMILES string of the molecule is CCCCC[C@H]1CC[C@H](C2C=CC(c3ccc(C#N)cc3)=CC2)CC1. The minimum absolute atomic E-state index is 0.734. The van der Waals surface area contributed by atoms with E-state index in [0.717, 1.165) is 23.3 Å². The Morgan fingerprint density at radius 2 is 1.80 bits per heavy atom. The van der Waals surface area contributed by atoms with Crippen molar-refractivity contribution in [3.63, 3.8) is 0 Å². The molecule has 1 aromatic carbocycles. The second-order valence-electron chi connectivity index (χ2n) is 7.88. The van der Waals surface area contributed by atoms with Gasteiger partial charge in [0.1, 0.15) is 0 Å². The number of hydrogen-bond acceptors (Lipinski definition) is 1. The van der Waals surface area contributed by atoms with E-state index < -0.39 is 0 Å². The van der Waals surface area contributed by atoms with Crippen molar-refractivity contribution in [1.82, 2.24) is 0 Å². The van der Waals surface area contributed by atoms with E-state index in [9.17, 15) is 0 Å². The molecule has 0 bridgehead atoms. The van der Waals surface area contributed by atoms with E-state index in [-0.39, 0.29) is 0 Å². The summed E-state index contributed by atoms with van der Waals surface area (Å²) in [7, 11) is 0. The second kappa shape index (κ2) is 9.04. The van der Waals surface area contributed by atoms with Crippen LogP contribution in [0.1, 0.15) is 75.8 Å². The molecular weight excluding hydrogens is 302 g/mol. The van der Waals surface area contributed by atoms with Crippen LogP contribution in [0.25, 0.3) is 5.57 Å². The summed E-state index contributed by atoms with van der Waals surface area (Å²) in [5, 5.41) is 8.92. The van der Waals surface area contributed by atoms with Crippen LogP contribution in [0.2, 0.25) is 0 Å². The maximum absolute atomic E-state index is 8.92. The topological polar surface area (TPSA) is 23.8 Å². The molecule has 25 heavy (non-hydrogen) atoms. The lowest BCUT2D eigenvalue weighted by atomic mass is 9.72. The van der Waals surface area contributed by atoms with Crippen molar-refractivity contribution >= 4 is 5.57 Å². The van der Waals surface area contributed by atoms with E-state index in [1.165, 1.54) is 68.9 Å². The zero-order valence-electron chi connectivity index (χ0n) is 15.6. The van der Waals surface area contributed by atoms with Crippen molar-refractivity contribution in [2.45, 2.75) is 64.7 Å². The molecule has 132 valence electrons. The summed E-state index contributed by atoms with van der Waals surface area (Å²) in [6, 6.07) is 10.1. The van der Waals surface area contributed by atoms with Crippen LogP contribution in [0.15, 0.2) is 42.5 Å². The molecule has 1 saturated carbocycles. The fourth-order valence-electron chi connectivity index (χ4n) is 4.53. The fourth-order valence-corrected chi connectivity index (χ4v) is 4.53. The third-order valence-electron chi connectivity index (χ3n) is 6.19. The zero-order valence-corrected chi connectivity index (χ0v) is 15.6. The van der Waals surface area contributed by atoms with Gasteiger partial charge in [-0.05, 0) is 60.3 Å². The molecule has 0 saturated heterocycles. The number of nitriles is 1. The largest absolute Gasteiger partial charge is 0.192 e. The summed E-state index contributed by atoms with van der Waals surface area (Å²) in [6.45, 7) is 2.30. The van der Waals surface area contributed by atoms with E-state index in [0.29, 0.717) is 0 Å². The molecule has 1 atom stereocenters. The Morgan fingerprint density at radius 3 is 2.40 bits per heavy atom. The van der Waals surface area contributed by atoms with Crippen LogP contribution in [0.3, 0.4) is 0 Å². The standard InChI is InChI=1S/C24H31N/c1-2-3-4-5-19-6-10-21(11-7-19)23-14-16-24(17-15-23)22-12-8-20(18-25)9-13-22/h8-9,12-14,16-17,19,21,23H,2-7,10-11,15H2,1H3/t19-,21-,23?. The molecule has 1 heteroatoms. The lowest BCUT2D eigenvalue weighted by molar-refractivity contribution is 0.219. The highest BCUT2D eigenvalue weighted by Gasteiger charge is 2.26. The Hall–Kier alpha value is -1.81. The molecule has 1 nitrogen and oxygen atoms in total. The normalized spacial score (nSPS) is 26.1. The molecule has 2 aliphatic carbocycles. The average molecular weight is 334 g/mol. The average Bonchev–Trinajstić information content (AvgIpc) is 2.69. The molecular formula is C24H31N. The van der Waals surface area contributed by atoms with Crippen LogP contribution in [-0.4, -0.2) is 0 Å². The summed E-state index contributed by atoms with van der Waals surface area (Å²) in [6.07, 6.45) is 19.7. The summed E-state index contributed by atoms with van der Waals surface area (Å²) < 4.78 is 0. The highest BCUT2D eigenvalue weighted by Crippen LogP contribution is 2.39. The van der Waals surface area contributed by atoms with Crippen molar-refractivity contribution in [2.75, 3.05) is 0 Å². The zero-order chi connectivity index (χ0) is 17.5. The maximum atomic E-state index is 8.92. The highest BCUT2D eigenvalue weighted by molar-refractivity contribution is 5.75. The van der Waals surface area contributed by atoms with E-state index in [1.807, 2.05) is 12.1 Å². The maximum Gasteiger partial charge on any atom is 0.0991 e. The van der Waals surface area contributed by atoms with Crippen molar-refractivity contribution in [1.29, 1.82) is 5.26 Å². The van der Waals surface area contributed by atoms with E-state index in [1.54, 1.807) is 0 Å². The van der Waals surface area contributed by atoms with Gasteiger partial charge in [-0.2, -0.15) is 5.26 Å². The first-order chi connectivity index (χ1) is 12.3.